The molecule has 0 atom stereocenters. The number of pyridine rings is 2. The van der Waals surface area contributed by atoms with Crippen LogP contribution in [-0.4, -0.2) is 15.5 Å². The number of carbonyl (C=O) groups excluding carboxylic acids is 1. The lowest BCUT2D eigenvalue weighted by atomic mass is 10.0. The third kappa shape index (κ3) is 3.87. The van der Waals surface area contributed by atoms with Crippen LogP contribution in [0.1, 0.15) is 34.1 Å². The third-order valence-electron chi connectivity index (χ3n) is 5.15. The molecule has 1 N–H and O–H groups in total. The molecule has 2 heterocycles. The molecule has 0 radical (unpaired) electrons. The smallest absolute Gasteiger partial charge is 0.261 e. The molecule has 1 amide bonds. The highest BCUT2D eigenvalue weighted by molar-refractivity contribution is 6.06. The summed E-state index contributed by atoms with van der Waals surface area (Å²) in [5, 5.41) is 3.39. The van der Waals surface area contributed by atoms with E-state index in [2.05, 4.69) is 22.4 Å². The molecule has 5 nitrogen and oxygen atoms in total. The number of fused-ring (bicyclic) bond motifs is 1. The molecular weight excluding hydrogens is 374 g/mol. The molecule has 0 unspecified atom stereocenters. The number of nitrogens with one attached hydrogen (secondary N) is 1. The summed E-state index contributed by atoms with van der Waals surface area (Å²) < 4.78 is 1.84. The van der Waals surface area contributed by atoms with E-state index in [4.69, 9.17) is 0 Å². The Kier molecular flexibility index (Phi) is 5.44. The Labute approximate surface area is 175 Å². The van der Waals surface area contributed by atoms with Gasteiger partial charge in [-0.25, -0.2) is 4.98 Å². The van der Waals surface area contributed by atoms with Crippen molar-refractivity contribution in [2.24, 2.45) is 0 Å². The van der Waals surface area contributed by atoms with Crippen molar-refractivity contribution in [1.29, 1.82) is 0 Å². The molecule has 2 aromatic heterocycles. The SMILES string of the molecule is CCn1cc(C(=O)Nc2ccccc2Cc2ccccc2)c(=O)c2ccc(C)nc21. The Morgan fingerprint density at radius 1 is 1.00 bits per heavy atom. The monoisotopic (exact) mass is 397 g/mol. The number of anilines is 1. The first-order valence-corrected chi connectivity index (χ1v) is 10.0. The maximum Gasteiger partial charge on any atom is 0.261 e. The van der Waals surface area contributed by atoms with Gasteiger partial charge >= 0.3 is 0 Å². The van der Waals surface area contributed by atoms with Crippen molar-refractivity contribution in [3.8, 4) is 0 Å². The second-order valence-electron chi connectivity index (χ2n) is 7.26. The van der Waals surface area contributed by atoms with E-state index in [1.165, 1.54) is 0 Å². The van der Waals surface area contributed by atoms with Gasteiger partial charge in [-0.05, 0) is 49.6 Å². The van der Waals surface area contributed by atoms with E-state index in [0.29, 0.717) is 29.7 Å². The summed E-state index contributed by atoms with van der Waals surface area (Å²) in [7, 11) is 0. The minimum atomic E-state index is -0.412. The first-order chi connectivity index (χ1) is 14.6. The fourth-order valence-corrected chi connectivity index (χ4v) is 3.56. The van der Waals surface area contributed by atoms with Crippen LogP contribution in [0.15, 0.2) is 77.7 Å². The average molecular weight is 397 g/mol. The van der Waals surface area contributed by atoms with Crippen LogP contribution in [0, 0.1) is 6.92 Å². The molecule has 0 fully saturated rings. The van der Waals surface area contributed by atoms with Crippen molar-refractivity contribution in [1.82, 2.24) is 9.55 Å². The third-order valence-corrected chi connectivity index (χ3v) is 5.15. The number of carbonyl (C=O) groups is 1. The summed E-state index contributed by atoms with van der Waals surface area (Å²) in [6.07, 6.45) is 2.30. The van der Waals surface area contributed by atoms with Gasteiger partial charge in [-0.1, -0.05) is 48.5 Å². The van der Waals surface area contributed by atoms with Gasteiger partial charge in [0, 0.05) is 24.1 Å². The summed E-state index contributed by atoms with van der Waals surface area (Å²) in [5.74, 6) is -0.412. The maximum atomic E-state index is 13.1. The molecule has 150 valence electrons. The summed E-state index contributed by atoms with van der Waals surface area (Å²) in [6, 6.07) is 21.3. The highest BCUT2D eigenvalue weighted by Gasteiger charge is 2.17. The molecule has 0 aliphatic heterocycles. The van der Waals surface area contributed by atoms with E-state index in [1.54, 1.807) is 18.3 Å². The van der Waals surface area contributed by atoms with Gasteiger partial charge in [0.15, 0.2) is 0 Å². The Hall–Kier alpha value is -3.73. The van der Waals surface area contributed by atoms with E-state index >= 15 is 0 Å². The summed E-state index contributed by atoms with van der Waals surface area (Å²) in [5.41, 5.74) is 4.09. The van der Waals surface area contributed by atoms with Gasteiger partial charge in [0.05, 0.1) is 5.39 Å². The number of aryl methyl sites for hydroxylation is 2. The number of para-hydroxylation sites is 1. The molecule has 0 aliphatic carbocycles. The van der Waals surface area contributed by atoms with E-state index in [0.717, 1.165) is 16.8 Å². The van der Waals surface area contributed by atoms with Crippen molar-refractivity contribution in [2.75, 3.05) is 5.32 Å². The molecule has 30 heavy (non-hydrogen) atoms. The molecule has 0 bridgehead atoms. The van der Waals surface area contributed by atoms with Crippen LogP contribution in [0.5, 0.6) is 0 Å². The fraction of sp³-hybridized carbons (Fsp3) is 0.160. The second-order valence-corrected chi connectivity index (χ2v) is 7.26. The molecule has 0 aliphatic rings. The van der Waals surface area contributed by atoms with Crippen molar-refractivity contribution in [3.63, 3.8) is 0 Å². The molecule has 0 saturated heterocycles. The van der Waals surface area contributed by atoms with Gasteiger partial charge in [0.1, 0.15) is 11.2 Å². The van der Waals surface area contributed by atoms with Crippen LogP contribution < -0.4 is 10.7 Å². The Morgan fingerprint density at radius 2 is 1.73 bits per heavy atom. The van der Waals surface area contributed by atoms with Crippen molar-refractivity contribution in [2.45, 2.75) is 26.8 Å². The lowest BCUT2D eigenvalue weighted by molar-refractivity contribution is 0.102. The lowest BCUT2D eigenvalue weighted by Gasteiger charge is -2.13. The fourth-order valence-electron chi connectivity index (χ4n) is 3.56. The van der Waals surface area contributed by atoms with Crippen molar-refractivity contribution >= 4 is 22.6 Å². The molecule has 2 aromatic carbocycles. The number of amides is 1. The van der Waals surface area contributed by atoms with Crippen molar-refractivity contribution < 1.29 is 4.79 Å². The highest BCUT2D eigenvalue weighted by atomic mass is 16.2. The number of hydrogen-bond acceptors (Lipinski definition) is 3. The predicted molar refractivity (Wildman–Crippen MR) is 120 cm³/mol. The van der Waals surface area contributed by atoms with Crippen LogP contribution in [-0.2, 0) is 13.0 Å². The van der Waals surface area contributed by atoms with Crippen LogP contribution in [0.25, 0.3) is 11.0 Å². The zero-order chi connectivity index (χ0) is 21.1. The molecule has 5 heteroatoms. The Balaban J connectivity index is 1.70. The first kappa shape index (κ1) is 19.6. The Morgan fingerprint density at radius 3 is 2.50 bits per heavy atom. The molecule has 4 aromatic rings. The number of rotatable bonds is 5. The van der Waals surface area contributed by atoms with Gasteiger partial charge < -0.3 is 9.88 Å². The van der Waals surface area contributed by atoms with Crippen LogP contribution in [0.3, 0.4) is 0 Å². The van der Waals surface area contributed by atoms with Crippen molar-refractivity contribution in [3.05, 3.63) is 106 Å². The first-order valence-electron chi connectivity index (χ1n) is 10.0. The zero-order valence-electron chi connectivity index (χ0n) is 17.1. The zero-order valence-corrected chi connectivity index (χ0v) is 17.1. The largest absolute Gasteiger partial charge is 0.332 e. The number of benzene rings is 2. The van der Waals surface area contributed by atoms with E-state index in [-0.39, 0.29) is 11.0 Å². The Bertz CT molecular complexity index is 1280. The molecular formula is C25H23N3O2. The minimum absolute atomic E-state index is 0.115. The summed E-state index contributed by atoms with van der Waals surface area (Å²) >= 11 is 0. The average Bonchev–Trinajstić information content (AvgIpc) is 2.76. The quantitative estimate of drug-likeness (QED) is 0.537. The minimum Gasteiger partial charge on any atom is -0.332 e. The molecule has 0 saturated carbocycles. The van der Waals surface area contributed by atoms with E-state index in [9.17, 15) is 9.59 Å². The molecule has 4 rings (SSSR count). The van der Waals surface area contributed by atoms with E-state index < -0.39 is 5.91 Å². The van der Waals surface area contributed by atoms with Gasteiger partial charge in [0.2, 0.25) is 5.43 Å². The maximum absolute atomic E-state index is 13.1. The van der Waals surface area contributed by atoms with Gasteiger partial charge in [-0.2, -0.15) is 0 Å². The second kappa shape index (κ2) is 8.33. The standard InChI is InChI=1S/C25H23N3O2/c1-3-28-16-21(23(29)20-14-13-17(2)26-24(20)28)25(30)27-22-12-8-7-11-19(22)15-18-9-5-4-6-10-18/h4-14,16H,3,15H2,1-2H3,(H,27,30). The normalized spacial score (nSPS) is 10.9. The van der Waals surface area contributed by atoms with Crippen LogP contribution in [0.4, 0.5) is 5.69 Å². The van der Waals surface area contributed by atoms with E-state index in [1.807, 2.05) is 60.9 Å². The highest BCUT2D eigenvalue weighted by Crippen LogP contribution is 2.20. The summed E-state index contributed by atoms with van der Waals surface area (Å²) in [4.78, 5) is 30.6. The van der Waals surface area contributed by atoms with Crippen LogP contribution >= 0.6 is 0 Å². The van der Waals surface area contributed by atoms with Gasteiger partial charge in [0.25, 0.3) is 5.91 Å². The topological polar surface area (TPSA) is 64.0 Å². The van der Waals surface area contributed by atoms with Crippen LogP contribution in [0.2, 0.25) is 0 Å². The number of nitrogens with zero attached hydrogens (tertiary/aromatic N) is 2. The predicted octanol–water partition coefficient (Wildman–Crippen LogP) is 4.57. The van der Waals surface area contributed by atoms with Gasteiger partial charge in [-0.3, -0.25) is 9.59 Å². The lowest BCUT2D eigenvalue weighted by Crippen LogP contribution is -2.24. The number of aromatic nitrogens is 2. The molecule has 0 spiro atoms. The number of hydrogen-bond donors (Lipinski definition) is 1. The summed E-state index contributed by atoms with van der Waals surface area (Å²) in [6.45, 7) is 4.46. The van der Waals surface area contributed by atoms with Gasteiger partial charge in [-0.15, -0.1) is 0 Å².